The highest BCUT2D eigenvalue weighted by atomic mass is 16.6. The summed E-state index contributed by atoms with van der Waals surface area (Å²) in [5.74, 6) is -1.16. The summed E-state index contributed by atoms with van der Waals surface area (Å²) in [6.45, 7) is 2.85. The summed E-state index contributed by atoms with van der Waals surface area (Å²) in [6, 6.07) is -0.258. The minimum absolute atomic E-state index is 0.0829. The molecule has 0 spiro atoms. The first kappa shape index (κ1) is 9.10. The van der Waals surface area contributed by atoms with Gasteiger partial charge in [0.2, 0.25) is 0 Å². The van der Waals surface area contributed by atoms with Gasteiger partial charge < -0.3 is 10.5 Å². The molecule has 4 nitrogen and oxygen atoms in total. The molecule has 58 valence electrons. The number of carbonyl (C=O) groups excluding carboxylic acids is 2. The maximum atomic E-state index is 10.5. The Labute approximate surface area is 59.3 Å². The highest BCUT2D eigenvalue weighted by molar-refractivity contribution is 5.84. The molecule has 1 atom stereocenters. The van der Waals surface area contributed by atoms with Gasteiger partial charge >= 0.3 is 11.9 Å². The molecule has 1 unspecified atom stereocenters. The molecule has 2 N–H and O–H groups in total. The zero-order valence-electron chi connectivity index (χ0n) is 6.09. The number of carbonyl (C=O) groups is 2. The van der Waals surface area contributed by atoms with Crippen molar-refractivity contribution >= 4 is 11.9 Å². The van der Waals surface area contributed by atoms with Crippen LogP contribution in [-0.2, 0) is 14.3 Å². The second-order valence-electron chi connectivity index (χ2n) is 2.15. The van der Waals surface area contributed by atoms with Crippen LogP contribution in [0.3, 0.4) is 0 Å². The quantitative estimate of drug-likeness (QED) is 0.432. The highest BCUT2D eigenvalue weighted by Crippen LogP contribution is 1.90. The number of rotatable bonds is 2. The van der Waals surface area contributed by atoms with E-state index in [1.165, 1.54) is 6.92 Å². The van der Waals surface area contributed by atoms with Crippen LogP contribution in [-0.4, -0.2) is 18.0 Å². The Morgan fingerprint density at radius 1 is 1.60 bits per heavy atom. The van der Waals surface area contributed by atoms with Gasteiger partial charge in [-0.2, -0.15) is 0 Å². The average molecular weight is 145 g/mol. The molecule has 0 fully saturated rings. The summed E-state index contributed by atoms with van der Waals surface area (Å²) < 4.78 is 4.20. The molecule has 0 amide bonds. The van der Waals surface area contributed by atoms with Gasteiger partial charge in [-0.3, -0.25) is 9.59 Å². The van der Waals surface area contributed by atoms with Gasteiger partial charge in [-0.1, -0.05) is 0 Å². The van der Waals surface area contributed by atoms with E-state index < -0.39 is 11.9 Å². The Morgan fingerprint density at radius 2 is 2.10 bits per heavy atom. The second kappa shape index (κ2) is 4.00. The molecule has 0 aromatic carbocycles. The maximum Gasteiger partial charge on any atom is 0.314 e. The fraction of sp³-hybridized carbons (Fsp3) is 0.667. The van der Waals surface area contributed by atoms with E-state index in [1.807, 2.05) is 0 Å². The van der Waals surface area contributed by atoms with Gasteiger partial charge in [0.25, 0.3) is 0 Å². The summed E-state index contributed by atoms with van der Waals surface area (Å²) in [5.41, 5.74) is 5.26. The molecule has 0 radical (unpaired) electrons. The Kier molecular flexibility index (Phi) is 3.64. The number of nitrogens with two attached hydrogens (primary N) is 1. The zero-order valence-corrected chi connectivity index (χ0v) is 6.09. The van der Waals surface area contributed by atoms with E-state index in [2.05, 4.69) is 4.74 Å². The lowest BCUT2D eigenvalue weighted by molar-refractivity contribution is -0.158. The van der Waals surface area contributed by atoms with Crippen LogP contribution in [0.25, 0.3) is 0 Å². The van der Waals surface area contributed by atoms with E-state index in [9.17, 15) is 9.59 Å². The molecule has 0 aliphatic rings. The van der Waals surface area contributed by atoms with Crippen molar-refractivity contribution in [3.63, 3.8) is 0 Å². The SMILES string of the molecule is CC(=O)OC(=O)CC(C)N. The number of hydrogen-bond donors (Lipinski definition) is 1. The van der Waals surface area contributed by atoms with Crippen molar-refractivity contribution in [2.75, 3.05) is 0 Å². The molecule has 0 aliphatic heterocycles. The van der Waals surface area contributed by atoms with Crippen LogP contribution in [0, 0.1) is 0 Å². The van der Waals surface area contributed by atoms with E-state index >= 15 is 0 Å². The smallest absolute Gasteiger partial charge is 0.314 e. The summed E-state index contributed by atoms with van der Waals surface area (Å²) >= 11 is 0. The monoisotopic (exact) mass is 145 g/mol. The van der Waals surface area contributed by atoms with Crippen molar-refractivity contribution < 1.29 is 14.3 Å². The third kappa shape index (κ3) is 5.24. The third-order valence-electron chi connectivity index (χ3n) is 0.746. The predicted octanol–water partition coefficient (Wildman–Crippen LogP) is -0.187. The lowest BCUT2D eigenvalue weighted by Crippen LogP contribution is -2.22. The van der Waals surface area contributed by atoms with E-state index in [4.69, 9.17) is 5.73 Å². The largest absolute Gasteiger partial charge is 0.393 e. The molecule has 0 saturated carbocycles. The van der Waals surface area contributed by atoms with Gasteiger partial charge in [0.1, 0.15) is 0 Å². The molecule has 0 heterocycles. The number of hydrogen-bond acceptors (Lipinski definition) is 4. The molecule has 0 aliphatic carbocycles. The van der Waals surface area contributed by atoms with Crippen LogP contribution < -0.4 is 5.73 Å². The molecule has 0 aromatic heterocycles. The Bertz CT molecular complexity index is 142. The Hall–Kier alpha value is -0.900. The van der Waals surface area contributed by atoms with Crippen LogP contribution >= 0.6 is 0 Å². The fourth-order valence-corrected chi connectivity index (χ4v) is 0.465. The molecule has 4 heteroatoms. The lowest BCUT2D eigenvalue weighted by Gasteiger charge is -2.01. The molecule has 0 bridgehead atoms. The number of esters is 2. The van der Waals surface area contributed by atoms with Crippen molar-refractivity contribution in [1.29, 1.82) is 0 Å². The van der Waals surface area contributed by atoms with E-state index in [0.717, 1.165) is 0 Å². The van der Waals surface area contributed by atoms with Crippen molar-refractivity contribution in [3.8, 4) is 0 Å². The van der Waals surface area contributed by atoms with Gasteiger partial charge in [-0.15, -0.1) is 0 Å². The van der Waals surface area contributed by atoms with Gasteiger partial charge in [0, 0.05) is 13.0 Å². The average Bonchev–Trinajstić information content (AvgIpc) is 1.58. The molecule has 0 rings (SSSR count). The van der Waals surface area contributed by atoms with Gasteiger partial charge in [0.05, 0.1) is 6.42 Å². The topological polar surface area (TPSA) is 69.4 Å². The third-order valence-corrected chi connectivity index (χ3v) is 0.746. The summed E-state index contributed by atoms with van der Waals surface area (Å²) in [6.07, 6.45) is 0.0829. The van der Waals surface area contributed by atoms with Crippen LogP contribution in [0.15, 0.2) is 0 Å². The Morgan fingerprint density at radius 3 is 2.40 bits per heavy atom. The molecular formula is C6H11NO3. The molecule has 10 heavy (non-hydrogen) atoms. The minimum atomic E-state index is -0.592. The first-order chi connectivity index (χ1) is 4.52. The van der Waals surface area contributed by atoms with Gasteiger partial charge in [0.15, 0.2) is 0 Å². The van der Waals surface area contributed by atoms with Gasteiger partial charge in [-0.25, -0.2) is 0 Å². The minimum Gasteiger partial charge on any atom is -0.393 e. The first-order valence-corrected chi connectivity index (χ1v) is 2.99. The fourth-order valence-electron chi connectivity index (χ4n) is 0.465. The summed E-state index contributed by atoms with van der Waals surface area (Å²) in [4.78, 5) is 20.7. The van der Waals surface area contributed by atoms with Crippen molar-refractivity contribution in [3.05, 3.63) is 0 Å². The van der Waals surface area contributed by atoms with E-state index in [0.29, 0.717) is 0 Å². The maximum absolute atomic E-state index is 10.5. The van der Waals surface area contributed by atoms with Crippen LogP contribution in [0.4, 0.5) is 0 Å². The molecule has 0 saturated heterocycles. The standard InChI is InChI=1S/C6H11NO3/c1-4(7)3-6(9)10-5(2)8/h4H,3,7H2,1-2H3. The molecular weight excluding hydrogens is 134 g/mol. The second-order valence-corrected chi connectivity index (χ2v) is 2.15. The predicted molar refractivity (Wildman–Crippen MR) is 35.0 cm³/mol. The summed E-state index contributed by atoms with van der Waals surface area (Å²) in [5, 5.41) is 0. The zero-order chi connectivity index (χ0) is 8.15. The van der Waals surface area contributed by atoms with Crippen LogP contribution in [0.2, 0.25) is 0 Å². The van der Waals surface area contributed by atoms with Crippen molar-refractivity contribution in [1.82, 2.24) is 0 Å². The summed E-state index contributed by atoms with van der Waals surface area (Å²) in [7, 11) is 0. The van der Waals surface area contributed by atoms with E-state index in [1.54, 1.807) is 6.92 Å². The van der Waals surface area contributed by atoms with E-state index in [-0.39, 0.29) is 12.5 Å². The van der Waals surface area contributed by atoms with Gasteiger partial charge in [-0.05, 0) is 6.92 Å². The highest BCUT2D eigenvalue weighted by Gasteiger charge is 2.07. The Balaban J connectivity index is 3.54. The van der Waals surface area contributed by atoms with Crippen LogP contribution in [0.1, 0.15) is 20.3 Å². The first-order valence-electron chi connectivity index (χ1n) is 2.99. The normalized spacial score (nSPS) is 12.3. The van der Waals surface area contributed by atoms with Crippen molar-refractivity contribution in [2.45, 2.75) is 26.3 Å². The molecule has 0 aromatic rings. The van der Waals surface area contributed by atoms with Crippen LogP contribution in [0.5, 0.6) is 0 Å². The van der Waals surface area contributed by atoms with Crippen molar-refractivity contribution in [2.24, 2.45) is 5.73 Å². The number of ether oxygens (including phenoxy) is 1. The lowest BCUT2D eigenvalue weighted by atomic mass is 10.3.